The number of pyridine rings is 1. The Hall–Kier alpha value is -2.62. The van der Waals surface area contributed by atoms with Gasteiger partial charge in [-0.25, -0.2) is 0 Å². The first-order chi connectivity index (χ1) is 11.3. The van der Waals surface area contributed by atoms with Crippen LogP contribution in [0, 0.1) is 0 Å². The molecule has 0 aliphatic carbocycles. The summed E-state index contributed by atoms with van der Waals surface area (Å²) in [5.74, 6) is 0.0644. The zero-order valence-corrected chi connectivity index (χ0v) is 13.8. The van der Waals surface area contributed by atoms with Crippen LogP contribution in [0.5, 0.6) is 0 Å². The first-order valence-corrected chi connectivity index (χ1v) is 7.96. The van der Waals surface area contributed by atoms with Crippen LogP contribution < -0.4 is 5.32 Å². The number of aromatic nitrogens is 2. The van der Waals surface area contributed by atoms with E-state index in [9.17, 15) is 4.79 Å². The molecule has 1 amide bonds. The van der Waals surface area contributed by atoms with Crippen LogP contribution in [0.25, 0.3) is 10.9 Å². The van der Waals surface area contributed by atoms with Crippen molar-refractivity contribution in [3.8, 4) is 0 Å². The molecule has 4 heteroatoms. The van der Waals surface area contributed by atoms with Gasteiger partial charge in [0.25, 0.3) is 0 Å². The Morgan fingerprint density at radius 2 is 1.96 bits per heavy atom. The van der Waals surface area contributed by atoms with E-state index < -0.39 is 0 Å². The van der Waals surface area contributed by atoms with Gasteiger partial charge in [0.15, 0.2) is 0 Å². The third kappa shape index (κ3) is 3.77. The summed E-state index contributed by atoms with van der Waals surface area (Å²) in [5.41, 5.74) is 3.26. The van der Waals surface area contributed by atoms with Gasteiger partial charge in [-0.2, -0.15) is 0 Å². The maximum Gasteiger partial charge on any atom is 0.220 e. The van der Waals surface area contributed by atoms with Crippen molar-refractivity contribution in [1.82, 2.24) is 15.3 Å². The molecular formula is C19H23N3O. The van der Waals surface area contributed by atoms with Gasteiger partial charge in [0.2, 0.25) is 5.91 Å². The van der Waals surface area contributed by atoms with E-state index in [1.165, 1.54) is 0 Å². The van der Waals surface area contributed by atoms with Crippen molar-refractivity contribution in [3.05, 3.63) is 66.1 Å². The van der Waals surface area contributed by atoms with Gasteiger partial charge in [-0.05, 0) is 17.2 Å². The van der Waals surface area contributed by atoms with Crippen LogP contribution in [0.3, 0.4) is 0 Å². The summed E-state index contributed by atoms with van der Waals surface area (Å²) in [6.45, 7) is 4.00. The zero-order chi connectivity index (χ0) is 16.7. The van der Waals surface area contributed by atoms with Gasteiger partial charge in [0, 0.05) is 37.2 Å². The van der Waals surface area contributed by atoms with Crippen LogP contribution in [0.4, 0.5) is 0 Å². The molecule has 1 unspecified atom stereocenters. The molecule has 120 valence electrons. The van der Waals surface area contributed by atoms with Gasteiger partial charge in [-0.15, -0.1) is 0 Å². The predicted octanol–water partition coefficient (Wildman–Crippen LogP) is 3.86. The topological polar surface area (TPSA) is 57.8 Å². The third-order valence-corrected chi connectivity index (χ3v) is 3.76. The fourth-order valence-electron chi connectivity index (χ4n) is 2.66. The number of fused-ring (bicyclic) bond motifs is 1. The standard InChI is InChI=1S/C17H17N3O.C2H6/c1-18-17(21)9-14(12-5-3-2-4-6-12)15-10-20-16-11-19-8-7-13(15)16;1-2/h2-8,10-11,14,20H,9H2,1H3,(H,18,21);1-2H3. The molecule has 0 fully saturated rings. The van der Waals surface area contributed by atoms with Gasteiger partial charge < -0.3 is 10.3 Å². The molecule has 23 heavy (non-hydrogen) atoms. The number of nitrogens with zero attached hydrogens (tertiary/aromatic N) is 1. The van der Waals surface area contributed by atoms with Crippen molar-refractivity contribution in [2.75, 3.05) is 7.05 Å². The Kier molecular flexibility index (Phi) is 5.92. The summed E-state index contributed by atoms with van der Waals surface area (Å²) in [6.07, 6.45) is 5.99. The fraction of sp³-hybridized carbons (Fsp3) is 0.263. The molecule has 4 nitrogen and oxygen atoms in total. The van der Waals surface area contributed by atoms with Gasteiger partial charge in [0.1, 0.15) is 0 Å². The van der Waals surface area contributed by atoms with E-state index in [4.69, 9.17) is 0 Å². The lowest BCUT2D eigenvalue weighted by Gasteiger charge is -2.16. The van der Waals surface area contributed by atoms with Crippen LogP contribution in [0.1, 0.15) is 37.3 Å². The molecule has 3 rings (SSSR count). The van der Waals surface area contributed by atoms with Crippen LogP contribution in [0.15, 0.2) is 55.0 Å². The minimum atomic E-state index is 0.0299. The minimum Gasteiger partial charge on any atom is -0.360 e. The molecule has 0 radical (unpaired) electrons. The van der Waals surface area contributed by atoms with Gasteiger partial charge in [0.05, 0.1) is 11.7 Å². The van der Waals surface area contributed by atoms with Crippen LogP contribution in [-0.2, 0) is 4.79 Å². The number of carbonyl (C=O) groups excluding carboxylic acids is 1. The van der Waals surface area contributed by atoms with E-state index in [-0.39, 0.29) is 11.8 Å². The fourth-order valence-corrected chi connectivity index (χ4v) is 2.66. The van der Waals surface area contributed by atoms with Gasteiger partial charge >= 0.3 is 0 Å². The molecule has 0 spiro atoms. The molecular weight excluding hydrogens is 286 g/mol. The highest BCUT2D eigenvalue weighted by molar-refractivity contribution is 5.85. The molecule has 2 aromatic heterocycles. The Balaban J connectivity index is 0.000000924. The normalized spacial score (nSPS) is 11.4. The number of H-pyrrole nitrogens is 1. The van der Waals surface area contributed by atoms with E-state index in [0.29, 0.717) is 6.42 Å². The van der Waals surface area contributed by atoms with Crippen molar-refractivity contribution >= 4 is 16.8 Å². The van der Waals surface area contributed by atoms with Crippen LogP contribution in [-0.4, -0.2) is 22.9 Å². The van der Waals surface area contributed by atoms with Gasteiger partial charge in [-0.3, -0.25) is 9.78 Å². The van der Waals surface area contributed by atoms with Crippen molar-refractivity contribution < 1.29 is 4.79 Å². The summed E-state index contributed by atoms with van der Waals surface area (Å²) in [4.78, 5) is 19.3. The van der Waals surface area contributed by atoms with Crippen molar-refractivity contribution in [1.29, 1.82) is 0 Å². The number of carbonyl (C=O) groups is 1. The quantitative estimate of drug-likeness (QED) is 0.769. The average Bonchev–Trinajstić information content (AvgIpc) is 3.06. The van der Waals surface area contributed by atoms with E-state index in [1.807, 2.05) is 44.3 Å². The Morgan fingerprint density at radius 3 is 2.65 bits per heavy atom. The second-order valence-electron chi connectivity index (χ2n) is 5.01. The van der Waals surface area contributed by atoms with Crippen molar-refractivity contribution in [2.24, 2.45) is 0 Å². The highest BCUT2D eigenvalue weighted by atomic mass is 16.1. The number of nitrogens with one attached hydrogen (secondary N) is 2. The lowest BCUT2D eigenvalue weighted by Crippen LogP contribution is -2.20. The Bertz CT molecular complexity index is 749. The number of hydrogen-bond donors (Lipinski definition) is 2. The molecule has 2 N–H and O–H groups in total. The molecule has 1 atom stereocenters. The second kappa shape index (κ2) is 8.13. The number of aromatic amines is 1. The SMILES string of the molecule is CC.CNC(=O)CC(c1ccccc1)c1c[nH]c2cnccc12. The van der Waals surface area contributed by atoms with E-state index >= 15 is 0 Å². The molecule has 1 aromatic carbocycles. The van der Waals surface area contributed by atoms with Crippen molar-refractivity contribution in [2.45, 2.75) is 26.2 Å². The maximum absolute atomic E-state index is 11.9. The lowest BCUT2D eigenvalue weighted by atomic mass is 9.88. The predicted molar refractivity (Wildman–Crippen MR) is 94.4 cm³/mol. The second-order valence-corrected chi connectivity index (χ2v) is 5.01. The molecule has 0 saturated carbocycles. The highest BCUT2D eigenvalue weighted by Gasteiger charge is 2.20. The number of benzene rings is 1. The Morgan fingerprint density at radius 1 is 1.22 bits per heavy atom. The number of rotatable bonds is 4. The lowest BCUT2D eigenvalue weighted by molar-refractivity contribution is -0.120. The summed E-state index contributed by atoms with van der Waals surface area (Å²) >= 11 is 0. The highest BCUT2D eigenvalue weighted by Crippen LogP contribution is 2.32. The van der Waals surface area contributed by atoms with Crippen LogP contribution in [0.2, 0.25) is 0 Å². The summed E-state index contributed by atoms with van der Waals surface area (Å²) < 4.78 is 0. The first kappa shape index (κ1) is 16.7. The molecule has 0 aliphatic heterocycles. The molecule has 3 aromatic rings. The van der Waals surface area contributed by atoms with Crippen molar-refractivity contribution in [3.63, 3.8) is 0 Å². The van der Waals surface area contributed by atoms with Gasteiger partial charge in [-0.1, -0.05) is 44.2 Å². The van der Waals surface area contributed by atoms with E-state index in [2.05, 4.69) is 27.4 Å². The maximum atomic E-state index is 11.9. The Labute approximate surface area is 137 Å². The summed E-state index contributed by atoms with van der Waals surface area (Å²) in [6, 6.07) is 12.1. The third-order valence-electron chi connectivity index (χ3n) is 3.76. The largest absolute Gasteiger partial charge is 0.360 e. The van der Waals surface area contributed by atoms with Crippen LogP contribution >= 0.6 is 0 Å². The molecule has 2 heterocycles. The molecule has 0 aliphatic rings. The zero-order valence-electron chi connectivity index (χ0n) is 13.8. The molecule has 0 saturated heterocycles. The smallest absolute Gasteiger partial charge is 0.220 e. The average molecular weight is 309 g/mol. The monoisotopic (exact) mass is 309 g/mol. The molecule has 0 bridgehead atoms. The van der Waals surface area contributed by atoms with E-state index in [0.717, 1.165) is 22.0 Å². The summed E-state index contributed by atoms with van der Waals surface area (Å²) in [7, 11) is 1.67. The summed E-state index contributed by atoms with van der Waals surface area (Å²) in [5, 5.41) is 3.83. The first-order valence-electron chi connectivity index (χ1n) is 7.96. The number of amides is 1. The van der Waals surface area contributed by atoms with E-state index in [1.54, 1.807) is 19.4 Å². The minimum absolute atomic E-state index is 0.0299. The number of hydrogen-bond acceptors (Lipinski definition) is 2.